The summed E-state index contributed by atoms with van der Waals surface area (Å²) in [6, 6.07) is 16.0. The summed E-state index contributed by atoms with van der Waals surface area (Å²) >= 11 is 0. The van der Waals surface area contributed by atoms with Crippen LogP contribution in [0.1, 0.15) is 18.2 Å². The first kappa shape index (κ1) is 23.5. The Kier molecular flexibility index (Phi) is 6.95. The zero-order valence-corrected chi connectivity index (χ0v) is 18.4. The molecule has 0 bridgehead atoms. The van der Waals surface area contributed by atoms with Gasteiger partial charge in [-0.1, -0.05) is 6.07 Å². The summed E-state index contributed by atoms with van der Waals surface area (Å²) in [4.78, 5) is 8.65. The summed E-state index contributed by atoms with van der Waals surface area (Å²) in [6.45, 7) is 2.80. The van der Waals surface area contributed by atoms with Crippen molar-refractivity contribution in [3.8, 4) is 11.5 Å². The molecule has 176 valence electrons. The minimum atomic E-state index is -4.42. The lowest BCUT2D eigenvalue weighted by Gasteiger charge is -2.10. The summed E-state index contributed by atoms with van der Waals surface area (Å²) in [5, 5.41) is 12.8. The number of pyridine rings is 1. The Labute approximate surface area is 194 Å². The molecular weight excluding hydrogens is 445 g/mol. The molecule has 2 aromatic carbocycles. The molecule has 0 unspecified atom stereocenters. The summed E-state index contributed by atoms with van der Waals surface area (Å²) < 4.78 is 46.8. The normalized spacial score (nSPS) is 12.3. The highest BCUT2D eigenvalue weighted by atomic mass is 19.4. The molecular formula is C25H23F3N4O2. The maximum Gasteiger partial charge on any atom is 0.416 e. The third-order valence-corrected chi connectivity index (χ3v) is 5.09. The average molecular weight is 468 g/mol. The van der Waals surface area contributed by atoms with E-state index < -0.39 is 11.7 Å². The van der Waals surface area contributed by atoms with Crippen molar-refractivity contribution < 1.29 is 23.0 Å². The first-order chi connectivity index (χ1) is 16.3. The SMILES string of the molecule is CC(=Nc1cccc(C(F)(F)F)c1)n1ccc2cc(Oc3ccnc(CNCCO)c3)ccc21. The van der Waals surface area contributed by atoms with Gasteiger partial charge in [0.05, 0.1) is 29.1 Å². The number of rotatable bonds is 7. The van der Waals surface area contributed by atoms with Crippen molar-refractivity contribution >= 4 is 22.4 Å². The number of nitrogens with zero attached hydrogens (tertiary/aromatic N) is 3. The lowest BCUT2D eigenvalue weighted by atomic mass is 10.2. The molecule has 0 saturated heterocycles. The topological polar surface area (TPSA) is 71.7 Å². The van der Waals surface area contributed by atoms with E-state index in [0.29, 0.717) is 30.4 Å². The Morgan fingerprint density at radius 1 is 1.09 bits per heavy atom. The van der Waals surface area contributed by atoms with Crippen LogP contribution in [0.5, 0.6) is 11.5 Å². The minimum Gasteiger partial charge on any atom is -0.457 e. The van der Waals surface area contributed by atoms with E-state index in [9.17, 15) is 13.2 Å². The van der Waals surface area contributed by atoms with Gasteiger partial charge < -0.3 is 19.7 Å². The van der Waals surface area contributed by atoms with Crippen LogP contribution >= 0.6 is 0 Å². The predicted octanol–water partition coefficient (Wildman–Crippen LogP) is 5.53. The molecule has 0 radical (unpaired) electrons. The van der Waals surface area contributed by atoms with Crippen LogP contribution in [0.2, 0.25) is 0 Å². The molecule has 0 fully saturated rings. The fraction of sp³-hybridized carbons (Fsp3) is 0.200. The molecule has 0 aliphatic carbocycles. The fourth-order valence-electron chi connectivity index (χ4n) is 3.51. The van der Waals surface area contributed by atoms with Gasteiger partial charge in [0, 0.05) is 36.9 Å². The number of ether oxygens (including phenoxy) is 1. The van der Waals surface area contributed by atoms with E-state index in [1.54, 1.807) is 25.3 Å². The molecule has 4 aromatic rings. The highest BCUT2D eigenvalue weighted by Gasteiger charge is 2.30. The number of fused-ring (bicyclic) bond motifs is 1. The number of alkyl halides is 3. The van der Waals surface area contributed by atoms with Crippen molar-refractivity contribution in [3.05, 3.63) is 84.3 Å². The summed E-state index contributed by atoms with van der Waals surface area (Å²) in [5.74, 6) is 1.81. The number of halogens is 3. The van der Waals surface area contributed by atoms with Crippen molar-refractivity contribution in [2.75, 3.05) is 13.2 Å². The van der Waals surface area contributed by atoms with Gasteiger partial charge in [-0.25, -0.2) is 4.99 Å². The van der Waals surface area contributed by atoms with Gasteiger partial charge in [0.1, 0.15) is 17.3 Å². The van der Waals surface area contributed by atoms with Gasteiger partial charge in [0.25, 0.3) is 0 Å². The Morgan fingerprint density at radius 3 is 2.71 bits per heavy atom. The van der Waals surface area contributed by atoms with Crippen LogP contribution < -0.4 is 10.1 Å². The van der Waals surface area contributed by atoms with Crippen molar-refractivity contribution in [1.82, 2.24) is 14.9 Å². The van der Waals surface area contributed by atoms with Gasteiger partial charge in [-0.3, -0.25) is 4.98 Å². The van der Waals surface area contributed by atoms with Gasteiger partial charge >= 0.3 is 6.18 Å². The second kappa shape index (κ2) is 10.1. The number of aliphatic hydroxyl groups excluding tert-OH is 1. The second-order valence-electron chi connectivity index (χ2n) is 7.60. The summed E-state index contributed by atoms with van der Waals surface area (Å²) in [5.41, 5.74) is 1.14. The van der Waals surface area contributed by atoms with Crippen LogP contribution in [0.4, 0.5) is 18.9 Å². The third kappa shape index (κ3) is 5.62. The predicted molar refractivity (Wildman–Crippen MR) is 125 cm³/mol. The lowest BCUT2D eigenvalue weighted by Crippen LogP contribution is -2.18. The molecule has 0 spiro atoms. The van der Waals surface area contributed by atoms with Crippen LogP contribution in [0.25, 0.3) is 10.9 Å². The molecule has 9 heteroatoms. The number of hydrogen-bond acceptors (Lipinski definition) is 5. The molecule has 2 aromatic heterocycles. The Balaban J connectivity index is 1.54. The number of aromatic nitrogens is 2. The maximum atomic E-state index is 13.0. The number of nitrogens with one attached hydrogen (secondary N) is 1. The zero-order valence-electron chi connectivity index (χ0n) is 18.4. The Bertz CT molecular complexity index is 1320. The lowest BCUT2D eigenvalue weighted by molar-refractivity contribution is -0.137. The fourth-order valence-corrected chi connectivity index (χ4v) is 3.51. The van der Waals surface area contributed by atoms with Crippen LogP contribution in [0.3, 0.4) is 0 Å². The van der Waals surface area contributed by atoms with Crippen molar-refractivity contribution in [3.63, 3.8) is 0 Å². The van der Waals surface area contributed by atoms with Gasteiger partial charge in [-0.15, -0.1) is 0 Å². The van der Waals surface area contributed by atoms with Crippen molar-refractivity contribution in [2.24, 2.45) is 4.99 Å². The molecule has 0 amide bonds. The van der Waals surface area contributed by atoms with Crippen LogP contribution in [0.15, 0.2) is 78.0 Å². The van der Waals surface area contributed by atoms with E-state index in [1.165, 1.54) is 6.07 Å². The summed E-state index contributed by atoms with van der Waals surface area (Å²) in [7, 11) is 0. The first-order valence-electron chi connectivity index (χ1n) is 10.6. The van der Waals surface area contributed by atoms with E-state index in [-0.39, 0.29) is 12.3 Å². The quantitative estimate of drug-likeness (QED) is 0.213. The number of aliphatic hydroxyl groups is 1. The highest BCUT2D eigenvalue weighted by molar-refractivity contribution is 5.95. The van der Waals surface area contributed by atoms with Crippen molar-refractivity contribution in [2.45, 2.75) is 19.6 Å². The van der Waals surface area contributed by atoms with Gasteiger partial charge in [0.15, 0.2) is 0 Å². The highest BCUT2D eigenvalue weighted by Crippen LogP contribution is 2.32. The van der Waals surface area contributed by atoms with E-state index in [4.69, 9.17) is 9.84 Å². The molecule has 34 heavy (non-hydrogen) atoms. The molecule has 0 atom stereocenters. The molecule has 0 saturated carbocycles. The van der Waals surface area contributed by atoms with Gasteiger partial charge in [0.2, 0.25) is 0 Å². The first-order valence-corrected chi connectivity index (χ1v) is 10.6. The molecule has 0 aliphatic heterocycles. The number of aliphatic imine (C=N–C) groups is 1. The van der Waals surface area contributed by atoms with Crippen LogP contribution in [-0.4, -0.2) is 33.6 Å². The van der Waals surface area contributed by atoms with Gasteiger partial charge in [-0.2, -0.15) is 13.2 Å². The van der Waals surface area contributed by atoms with E-state index in [1.807, 2.05) is 41.1 Å². The zero-order chi connectivity index (χ0) is 24.1. The third-order valence-electron chi connectivity index (χ3n) is 5.09. The monoisotopic (exact) mass is 468 g/mol. The molecule has 6 nitrogen and oxygen atoms in total. The van der Waals surface area contributed by atoms with E-state index in [2.05, 4.69) is 15.3 Å². The Hall–Kier alpha value is -3.69. The standard InChI is InChI=1S/C25H23F3N4O2/c1-17(31-20-4-2-3-19(14-20)25(26,27)28)32-11-8-18-13-22(5-6-24(18)32)34-23-7-9-30-21(15-23)16-29-10-12-33/h2-9,11,13-15,29,33H,10,12,16H2,1H3. The molecule has 2 heterocycles. The Morgan fingerprint density at radius 2 is 1.91 bits per heavy atom. The van der Waals surface area contributed by atoms with Crippen LogP contribution in [0, 0.1) is 0 Å². The largest absolute Gasteiger partial charge is 0.457 e. The van der Waals surface area contributed by atoms with Crippen molar-refractivity contribution in [1.29, 1.82) is 0 Å². The molecule has 2 N–H and O–H groups in total. The summed E-state index contributed by atoms with van der Waals surface area (Å²) in [6.07, 6.45) is -0.937. The average Bonchev–Trinajstić information content (AvgIpc) is 3.23. The minimum absolute atomic E-state index is 0.0555. The van der Waals surface area contributed by atoms with Crippen LogP contribution in [-0.2, 0) is 12.7 Å². The smallest absolute Gasteiger partial charge is 0.416 e. The molecule has 4 rings (SSSR count). The van der Waals surface area contributed by atoms with Gasteiger partial charge in [-0.05, 0) is 55.5 Å². The number of benzene rings is 2. The van der Waals surface area contributed by atoms with E-state index in [0.717, 1.165) is 28.7 Å². The maximum absolute atomic E-state index is 13.0. The van der Waals surface area contributed by atoms with E-state index >= 15 is 0 Å². The molecule has 0 aliphatic rings. The number of hydrogen-bond donors (Lipinski definition) is 2. The second-order valence-corrected chi connectivity index (χ2v) is 7.60.